The lowest BCUT2D eigenvalue weighted by atomic mass is 10.2. The largest absolute Gasteiger partial charge is 0.475 e. The van der Waals surface area contributed by atoms with E-state index in [9.17, 15) is 4.79 Å². The van der Waals surface area contributed by atoms with Gasteiger partial charge in [0.05, 0.1) is 6.54 Å². The lowest BCUT2D eigenvalue weighted by molar-refractivity contribution is 0.187. The molecule has 0 radical (unpaired) electrons. The molecule has 1 saturated heterocycles. The lowest BCUT2D eigenvalue weighted by Crippen LogP contribution is -2.45. The third-order valence-electron chi connectivity index (χ3n) is 3.58. The van der Waals surface area contributed by atoms with Gasteiger partial charge in [-0.05, 0) is 32.1 Å². The van der Waals surface area contributed by atoms with E-state index in [1.807, 2.05) is 7.05 Å². The fraction of sp³-hybridized carbons (Fsp3) is 0.571. The number of ether oxygens (including phenoxy) is 1. The molecule has 21 heavy (non-hydrogen) atoms. The molecule has 116 valence electrons. The van der Waals surface area contributed by atoms with E-state index in [4.69, 9.17) is 16.3 Å². The smallest absolute Gasteiger partial charge is 0.317 e. The van der Waals surface area contributed by atoms with E-state index < -0.39 is 0 Å². The van der Waals surface area contributed by atoms with Crippen molar-refractivity contribution in [2.24, 2.45) is 0 Å². The topological polar surface area (TPSA) is 57.7 Å². The van der Waals surface area contributed by atoms with Gasteiger partial charge in [0.25, 0.3) is 0 Å². The second-order valence-electron chi connectivity index (χ2n) is 5.19. The molecule has 0 saturated carbocycles. The Hall–Kier alpha value is -1.53. The summed E-state index contributed by atoms with van der Waals surface area (Å²) >= 11 is 5.93. The van der Waals surface area contributed by atoms with E-state index in [1.54, 1.807) is 23.2 Å². The van der Waals surface area contributed by atoms with Gasteiger partial charge in [-0.25, -0.2) is 9.78 Å². The standard InChI is InChI=1S/C14H21ClN4O2/c1-18-8-5-11(10-18)19(2)14(20)17-7-9-21-13-12(15)4-3-6-16-13/h3-4,6,11H,5,7-10H2,1-2H3,(H,17,20). The van der Waals surface area contributed by atoms with Crippen molar-refractivity contribution >= 4 is 17.6 Å². The van der Waals surface area contributed by atoms with Gasteiger partial charge in [0.1, 0.15) is 11.6 Å². The van der Waals surface area contributed by atoms with E-state index in [0.29, 0.717) is 24.1 Å². The highest BCUT2D eigenvalue weighted by Gasteiger charge is 2.26. The van der Waals surface area contributed by atoms with Crippen LogP contribution in [0.4, 0.5) is 4.79 Å². The summed E-state index contributed by atoms with van der Waals surface area (Å²) in [6.45, 7) is 2.70. The van der Waals surface area contributed by atoms with Crippen molar-refractivity contribution in [2.75, 3.05) is 40.3 Å². The summed E-state index contributed by atoms with van der Waals surface area (Å²) in [6.07, 6.45) is 2.63. The van der Waals surface area contributed by atoms with Crippen LogP contribution in [0.3, 0.4) is 0 Å². The molecule has 2 amide bonds. The number of hydrogen-bond acceptors (Lipinski definition) is 4. The molecule has 6 nitrogen and oxygen atoms in total. The van der Waals surface area contributed by atoms with E-state index in [0.717, 1.165) is 19.5 Å². The molecule has 1 fully saturated rings. The van der Waals surface area contributed by atoms with Gasteiger partial charge in [-0.1, -0.05) is 11.6 Å². The van der Waals surface area contributed by atoms with Gasteiger partial charge in [-0.2, -0.15) is 0 Å². The monoisotopic (exact) mass is 312 g/mol. The average molecular weight is 313 g/mol. The van der Waals surface area contributed by atoms with Gasteiger partial charge < -0.3 is 19.9 Å². The number of aromatic nitrogens is 1. The molecule has 1 aromatic heterocycles. The van der Waals surface area contributed by atoms with Crippen molar-refractivity contribution < 1.29 is 9.53 Å². The Kier molecular flexibility index (Phi) is 5.64. The zero-order valence-electron chi connectivity index (χ0n) is 12.4. The first-order valence-corrected chi connectivity index (χ1v) is 7.38. The van der Waals surface area contributed by atoms with Crippen molar-refractivity contribution in [2.45, 2.75) is 12.5 Å². The summed E-state index contributed by atoms with van der Waals surface area (Å²) in [5.74, 6) is 0.388. The number of urea groups is 1. The molecule has 1 atom stereocenters. The Morgan fingerprint density at radius 3 is 3.14 bits per heavy atom. The summed E-state index contributed by atoms with van der Waals surface area (Å²) in [5.41, 5.74) is 0. The summed E-state index contributed by atoms with van der Waals surface area (Å²) < 4.78 is 5.42. The third-order valence-corrected chi connectivity index (χ3v) is 3.86. The molecule has 1 aliphatic heterocycles. The van der Waals surface area contributed by atoms with Crippen LogP contribution in [0.2, 0.25) is 5.02 Å². The molecule has 2 rings (SSSR count). The summed E-state index contributed by atoms with van der Waals surface area (Å²) in [5, 5.41) is 3.30. The molecular weight excluding hydrogens is 292 g/mol. The molecule has 1 aliphatic rings. The highest BCUT2D eigenvalue weighted by molar-refractivity contribution is 6.31. The van der Waals surface area contributed by atoms with E-state index in [-0.39, 0.29) is 12.1 Å². The lowest BCUT2D eigenvalue weighted by Gasteiger charge is -2.24. The number of carbonyl (C=O) groups excluding carboxylic acids is 1. The van der Waals surface area contributed by atoms with Crippen molar-refractivity contribution in [3.63, 3.8) is 0 Å². The molecule has 0 spiro atoms. The maximum absolute atomic E-state index is 12.0. The zero-order chi connectivity index (χ0) is 15.2. The van der Waals surface area contributed by atoms with Gasteiger partial charge in [0.15, 0.2) is 0 Å². The molecule has 1 unspecified atom stereocenters. The minimum absolute atomic E-state index is 0.0778. The molecule has 7 heteroatoms. The second-order valence-corrected chi connectivity index (χ2v) is 5.59. The number of nitrogens with zero attached hydrogens (tertiary/aromatic N) is 3. The maximum atomic E-state index is 12.0. The molecular formula is C14H21ClN4O2. The zero-order valence-corrected chi connectivity index (χ0v) is 13.1. The van der Waals surface area contributed by atoms with Crippen LogP contribution in [0.25, 0.3) is 0 Å². The van der Waals surface area contributed by atoms with Gasteiger partial charge in [0, 0.05) is 25.8 Å². The van der Waals surface area contributed by atoms with Crippen molar-refractivity contribution in [3.05, 3.63) is 23.4 Å². The Morgan fingerprint density at radius 1 is 1.67 bits per heavy atom. The fourth-order valence-electron chi connectivity index (χ4n) is 2.30. The SMILES string of the molecule is CN1CCC(N(C)C(=O)NCCOc2ncccc2Cl)C1. The molecule has 1 aromatic rings. The van der Waals surface area contributed by atoms with E-state index >= 15 is 0 Å². The van der Waals surface area contributed by atoms with E-state index in [2.05, 4.69) is 22.2 Å². The maximum Gasteiger partial charge on any atom is 0.317 e. The highest BCUT2D eigenvalue weighted by Crippen LogP contribution is 2.19. The third kappa shape index (κ3) is 4.47. The Morgan fingerprint density at radius 2 is 2.48 bits per heavy atom. The van der Waals surface area contributed by atoms with Gasteiger partial charge in [-0.3, -0.25) is 0 Å². The van der Waals surface area contributed by atoms with Crippen LogP contribution in [0.1, 0.15) is 6.42 Å². The number of amides is 2. The summed E-state index contributed by atoms with van der Waals surface area (Å²) in [7, 11) is 3.89. The first-order chi connectivity index (χ1) is 10.1. The number of carbonyl (C=O) groups is 1. The fourth-order valence-corrected chi connectivity index (χ4v) is 2.48. The second kappa shape index (κ2) is 7.47. The number of pyridine rings is 1. The van der Waals surface area contributed by atoms with E-state index in [1.165, 1.54) is 0 Å². The molecule has 0 aliphatic carbocycles. The number of hydrogen-bond donors (Lipinski definition) is 1. The Labute approximate surface area is 130 Å². The summed E-state index contributed by atoms with van der Waals surface area (Å²) in [6, 6.07) is 3.66. The summed E-state index contributed by atoms with van der Waals surface area (Å²) in [4.78, 5) is 20.0. The van der Waals surface area contributed by atoms with Crippen molar-refractivity contribution in [1.29, 1.82) is 0 Å². The quantitative estimate of drug-likeness (QED) is 0.836. The number of rotatable bonds is 5. The van der Waals surface area contributed by atoms with Crippen LogP contribution in [0.5, 0.6) is 5.88 Å². The van der Waals surface area contributed by atoms with Gasteiger partial charge in [0.2, 0.25) is 5.88 Å². The minimum Gasteiger partial charge on any atom is -0.475 e. The van der Waals surface area contributed by atoms with Gasteiger partial charge in [-0.15, -0.1) is 0 Å². The molecule has 2 heterocycles. The van der Waals surface area contributed by atoms with Crippen molar-refractivity contribution in [3.8, 4) is 5.88 Å². The number of likely N-dealkylation sites (N-methyl/N-ethyl adjacent to an activating group) is 2. The van der Waals surface area contributed by atoms with Crippen LogP contribution in [-0.4, -0.2) is 67.2 Å². The molecule has 0 aromatic carbocycles. The number of halogens is 1. The van der Waals surface area contributed by atoms with Gasteiger partial charge >= 0.3 is 6.03 Å². The first-order valence-electron chi connectivity index (χ1n) is 7.00. The average Bonchev–Trinajstić information content (AvgIpc) is 2.91. The predicted octanol–water partition coefficient (Wildman–Crippen LogP) is 1.46. The van der Waals surface area contributed by atoms with Crippen LogP contribution < -0.4 is 10.1 Å². The van der Waals surface area contributed by atoms with Crippen LogP contribution >= 0.6 is 11.6 Å². The molecule has 0 bridgehead atoms. The predicted molar refractivity (Wildman–Crippen MR) is 81.8 cm³/mol. The highest BCUT2D eigenvalue weighted by atomic mass is 35.5. The Bertz CT molecular complexity index is 486. The number of likely N-dealkylation sites (tertiary alicyclic amines) is 1. The minimum atomic E-state index is -0.0778. The van der Waals surface area contributed by atoms with Crippen LogP contribution in [0, 0.1) is 0 Å². The molecule has 1 N–H and O–H groups in total. The number of nitrogens with one attached hydrogen (secondary N) is 1. The van der Waals surface area contributed by atoms with Crippen LogP contribution in [-0.2, 0) is 0 Å². The first kappa shape index (κ1) is 15.9. The van der Waals surface area contributed by atoms with Crippen molar-refractivity contribution in [1.82, 2.24) is 20.1 Å². The normalized spacial score (nSPS) is 18.5. The Balaban J connectivity index is 1.68. The van der Waals surface area contributed by atoms with Crippen LogP contribution in [0.15, 0.2) is 18.3 Å².